The molecule has 2 amide bonds. The number of carbonyl (C=O) groups excluding carboxylic acids is 2. The van der Waals surface area contributed by atoms with E-state index in [1.54, 1.807) is 36.4 Å². The maximum atomic E-state index is 12.2. The normalized spacial score (nSPS) is 10.2. The van der Waals surface area contributed by atoms with Gasteiger partial charge in [0.25, 0.3) is 0 Å². The third-order valence-electron chi connectivity index (χ3n) is 3.52. The highest BCUT2D eigenvalue weighted by Gasteiger charge is 2.17. The molecule has 0 aromatic heterocycles. The smallest absolute Gasteiger partial charge is 0.226 e. The molecule has 0 bridgehead atoms. The summed E-state index contributed by atoms with van der Waals surface area (Å²) in [7, 11) is 1.53. The highest BCUT2D eigenvalue weighted by molar-refractivity contribution is 6.35. The minimum atomic E-state index is -0.273. The second kappa shape index (κ2) is 8.74. The Morgan fingerprint density at radius 2 is 1.88 bits per heavy atom. The first-order chi connectivity index (χ1) is 11.9. The van der Waals surface area contributed by atoms with Crippen molar-refractivity contribution in [2.75, 3.05) is 23.9 Å². The Morgan fingerprint density at radius 1 is 1.16 bits per heavy atom. The number of nitrogens with one attached hydrogen (secondary N) is 1. The van der Waals surface area contributed by atoms with Crippen LogP contribution in [0, 0.1) is 0 Å². The number of hydrogen-bond acceptors (Lipinski definition) is 3. The molecule has 0 aliphatic rings. The van der Waals surface area contributed by atoms with Crippen LogP contribution in [-0.2, 0) is 9.59 Å². The van der Waals surface area contributed by atoms with Gasteiger partial charge < -0.3 is 15.0 Å². The monoisotopic (exact) mass is 380 g/mol. The summed E-state index contributed by atoms with van der Waals surface area (Å²) in [4.78, 5) is 25.7. The van der Waals surface area contributed by atoms with Crippen LogP contribution in [0.4, 0.5) is 11.4 Å². The number of hydrogen-bond donors (Lipinski definition) is 1. The second-order valence-electron chi connectivity index (χ2n) is 5.26. The molecule has 2 aromatic rings. The predicted molar refractivity (Wildman–Crippen MR) is 101 cm³/mol. The van der Waals surface area contributed by atoms with Crippen molar-refractivity contribution >= 4 is 46.4 Å². The van der Waals surface area contributed by atoms with Crippen molar-refractivity contribution in [3.05, 3.63) is 52.5 Å². The topological polar surface area (TPSA) is 58.6 Å². The highest BCUT2D eigenvalue weighted by atomic mass is 35.5. The summed E-state index contributed by atoms with van der Waals surface area (Å²) in [6, 6.07) is 12.0. The molecule has 0 atom stereocenters. The largest absolute Gasteiger partial charge is 0.495 e. The van der Waals surface area contributed by atoms with Gasteiger partial charge in [0.15, 0.2) is 0 Å². The molecule has 0 unspecified atom stereocenters. The van der Waals surface area contributed by atoms with Gasteiger partial charge in [-0.2, -0.15) is 0 Å². The van der Waals surface area contributed by atoms with E-state index < -0.39 is 0 Å². The second-order valence-corrected chi connectivity index (χ2v) is 6.11. The number of rotatable bonds is 6. The molecule has 0 aliphatic carbocycles. The van der Waals surface area contributed by atoms with E-state index in [1.165, 1.54) is 18.9 Å². The molecule has 0 fully saturated rings. The fourth-order valence-electron chi connectivity index (χ4n) is 2.32. The molecule has 7 heteroatoms. The van der Waals surface area contributed by atoms with Crippen LogP contribution in [0.2, 0.25) is 10.0 Å². The third kappa shape index (κ3) is 5.11. The van der Waals surface area contributed by atoms with Crippen LogP contribution in [0.1, 0.15) is 13.3 Å². The number of carbonyl (C=O) groups is 2. The number of amides is 2. The zero-order chi connectivity index (χ0) is 18.4. The van der Waals surface area contributed by atoms with Gasteiger partial charge in [0.05, 0.1) is 23.5 Å². The van der Waals surface area contributed by atoms with Crippen LogP contribution < -0.4 is 15.0 Å². The maximum Gasteiger partial charge on any atom is 0.226 e. The fraction of sp³-hybridized carbons (Fsp3) is 0.222. The average Bonchev–Trinajstić information content (AvgIpc) is 2.58. The molecule has 132 valence electrons. The summed E-state index contributed by atoms with van der Waals surface area (Å²) in [5.74, 6) is 0.111. The molecule has 25 heavy (non-hydrogen) atoms. The molecule has 1 N–H and O–H groups in total. The minimum Gasteiger partial charge on any atom is -0.495 e. The molecule has 0 heterocycles. The third-order valence-corrected chi connectivity index (χ3v) is 4.09. The molecule has 5 nitrogen and oxygen atoms in total. The SMILES string of the molecule is COc1ccccc1N(CCC(=O)Nc1cc(Cl)ccc1Cl)C(C)=O. The number of halogens is 2. The van der Waals surface area contributed by atoms with Crippen LogP contribution in [0.25, 0.3) is 0 Å². The quantitative estimate of drug-likeness (QED) is 0.808. The van der Waals surface area contributed by atoms with E-state index in [1.807, 2.05) is 6.07 Å². The van der Waals surface area contributed by atoms with E-state index in [0.29, 0.717) is 27.2 Å². The van der Waals surface area contributed by atoms with Gasteiger partial charge in [-0.25, -0.2) is 0 Å². The Morgan fingerprint density at radius 3 is 2.56 bits per heavy atom. The van der Waals surface area contributed by atoms with Crippen molar-refractivity contribution in [3.63, 3.8) is 0 Å². The lowest BCUT2D eigenvalue weighted by atomic mass is 10.2. The number of para-hydroxylation sites is 2. The molecule has 0 spiro atoms. The number of anilines is 2. The molecule has 2 aromatic carbocycles. The summed E-state index contributed by atoms with van der Waals surface area (Å²) < 4.78 is 5.28. The zero-order valence-electron chi connectivity index (χ0n) is 13.9. The first-order valence-electron chi connectivity index (χ1n) is 7.58. The first kappa shape index (κ1) is 19.1. The Balaban J connectivity index is 2.07. The van der Waals surface area contributed by atoms with Crippen LogP contribution in [-0.4, -0.2) is 25.5 Å². The standard InChI is InChI=1S/C18H18Cl2N2O3/c1-12(23)22(16-5-3-4-6-17(16)25-2)10-9-18(24)21-15-11-13(19)7-8-14(15)20/h3-8,11H,9-10H2,1-2H3,(H,21,24). The van der Waals surface area contributed by atoms with Crippen molar-refractivity contribution in [1.29, 1.82) is 0 Å². The lowest BCUT2D eigenvalue weighted by Gasteiger charge is -2.23. The van der Waals surface area contributed by atoms with Gasteiger partial charge in [0.2, 0.25) is 11.8 Å². The number of ether oxygens (including phenoxy) is 1. The van der Waals surface area contributed by atoms with Crippen molar-refractivity contribution in [1.82, 2.24) is 0 Å². The van der Waals surface area contributed by atoms with Gasteiger partial charge >= 0.3 is 0 Å². The van der Waals surface area contributed by atoms with Gasteiger partial charge in [0, 0.05) is 24.9 Å². The van der Waals surface area contributed by atoms with Crippen molar-refractivity contribution in [2.45, 2.75) is 13.3 Å². The molecular weight excluding hydrogens is 363 g/mol. The van der Waals surface area contributed by atoms with Crippen LogP contribution in [0.5, 0.6) is 5.75 Å². The van der Waals surface area contributed by atoms with E-state index in [0.717, 1.165) is 0 Å². The Hall–Kier alpha value is -2.24. The van der Waals surface area contributed by atoms with E-state index in [2.05, 4.69) is 5.32 Å². The summed E-state index contributed by atoms with van der Waals surface area (Å²) in [6.07, 6.45) is 0.0977. The van der Waals surface area contributed by atoms with Crippen molar-refractivity contribution < 1.29 is 14.3 Å². The van der Waals surface area contributed by atoms with Gasteiger partial charge in [-0.05, 0) is 30.3 Å². The Labute approximate surface area is 156 Å². The average molecular weight is 381 g/mol. The zero-order valence-corrected chi connectivity index (χ0v) is 15.4. The molecule has 0 saturated heterocycles. The van der Waals surface area contributed by atoms with Gasteiger partial charge in [-0.15, -0.1) is 0 Å². The van der Waals surface area contributed by atoms with E-state index in [9.17, 15) is 9.59 Å². The van der Waals surface area contributed by atoms with Crippen LogP contribution >= 0.6 is 23.2 Å². The molecule has 0 aliphatic heterocycles. The number of nitrogens with zero attached hydrogens (tertiary/aromatic N) is 1. The summed E-state index contributed by atoms with van der Waals surface area (Å²) in [5.41, 5.74) is 1.05. The van der Waals surface area contributed by atoms with Crippen molar-refractivity contribution in [3.8, 4) is 5.75 Å². The van der Waals surface area contributed by atoms with E-state index >= 15 is 0 Å². The van der Waals surface area contributed by atoms with Gasteiger partial charge in [-0.3, -0.25) is 9.59 Å². The van der Waals surface area contributed by atoms with E-state index in [-0.39, 0.29) is 24.8 Å². The summed E-state index contributed by atoms with van der Waals surface area (Å²) >= 11 is 11.9. The minimum absolute atomic E-state index is 0.0977. The molecule has 0 radical (unpaired) electrons. The lowest BCUT2D eigenvalue weighted by molar-refractivity contribution is -0.117. The highest BCUT2D eigenvalue weighted by Crippen LogP contribution is 2.28. The Bertz CT molecular complexity index is 781. The van der Waals surface area contributed by atoms with Gasteiger partial charge in [-0.1, -0.05) is 35.3 Å². The molecular formula is C18H18Cl2N2O3. The van der Waals surface area contributed by atoms with Crippen molar-refractivity contribution in [2.24, 2.45) is 0 Å². The first-order valence-corrected chi connectivity index (χ1v) is 8.34. The molecule has 2 rings (SSSR count). The summed E-state index contributed by atoms with van der Waals surface area (Å²) in [5, 5.41) is 3.57. The fourth-order valence-corrected chi connectivity index (χ4v) is 2.66. The molecule has 0 saturated carbocycles. The predicted octanol–water partition coefficient (Wildman–Crippen LogP) is 4.38. The lowest BCUT2D eigenvalue weighted by Crippen LogP contribution is -2.32. The van der Waals surface area contributed by atoms with E-state index in [4.69, 9.17) is 27.9 Å². The van der Waals surface area contributed by atoms with Gasteiger partial charge in [0.1, 0.15) is 5.75 Å². The number of methoxy groups -OCH3 is 1. The maximum absolute atomic E-state index is 12.2. The van der Waals surface area contributed by atoms with Crippen LogP contribution in [0.3, 0.4) is 0 Å². The summed E-state index contributed by atoms with van der Waals surface area (Å²) in [6.45, 7) is 1.65. The van der Waals surface area contributed by atoms with Crippen LogP contribution in [0.15, 0.2) is 42.5 Å². The number of benzene rings is 2. The Kier molecular flexibility index (Phi) is 6.67.